The third kappa shape index (κ3) is 1.78. The zero-order valence-corrected chi connectivity index (χ0v) is 7.11. The highest BCUT2D eigenvalue weighted by Gasteiger charge is 2.13. The minimum Gasteiger partial charge on any atom is -0.496 e. The molecule has 4 heteroatoms. The summed E-state index contributed by atoms with van der Waals surface area (Å²) in [7, 11) is 1.40. The lowest BCUT2D eigenvalue weighted by atomic mass is 10.1. The van der Waals surface area contributed by atoms with Crippen molar-refractivity contribution >= 4 is 5.97 Å². The van der Waals surface area contributed by atoms with E-state index < -0.39 is 12.6 Å². The summed E-state index contributed by atoms with van der Waals surface area (Å²) in [5.41, 5.74) is 0.201. The van der Waals surface area contributed by atoms with Gasteiger partial charge < -0.3 is 9.84 Å². The third-order valence-corrected chi connectivity index (χ3v) is 1.73. The van der Waals surface area contributed by atoms with Gasteiger partial charge in [-0.3, -0.25) is 0 Å². The molecule has 0 aromatic heterocycles. The molecule has 0 spiro atoms. The van der Waals surface area contributed by atoms with Crippen molar-refractivity contribution in [3.05, 3.63) is 29.3 Å². The Labute approximate surface area is 75.4 Å². The standard InChI is InChI=1S/C9H9O4/c1-13-8-4-2-3-6(9(11)12)7(8)5-10/h2-4H,5H2,1H3,(H,11,12). The summed E-state index contributed by atoms with van der Waals surface area (Å²) in [5.74, 6) is -0.778. The molecule has 1 aromatic rings. The first-order valence-corrected chi connectivity index (χ1v) is 3.68. The number of carbonyl (C=O) groups is 1. The van der Waals surface area contributed by atoms with E-state index >= 15 is 0 Å². The molecule has 13 heavy (non-hydrogen) atoms. The Balaban J connectivity index is 3.27. The van der Waals surface area contributed by atoms with Crippen LogP contribution in [0.15, 0.2) is 18.2 Å². The Morgan fingerprint density at radius 1 is 1.54 bits per heavy atom. The molecule has 69 valence electrons. The average molecular weight is 181 g/mol. The number of ether oxygens (including phenoxy) is 1. The van der Waals surface area contributed by atoms with E-state index in [1.54, 1.807) is 12.1 Å². The minimum absolute atomic E-state index is 0.00866. The second kappa shape index (κ2) is 3.91. The molecule has 1 radical (unpaired) electrons. The van der Waals surface area contributed by atoms with E-state index in [4.69, 9.17) is 9.84 Å². The minimum atomic E-state index is -1.11. The highest BCUT2D eigenvalue weighted by Crippen LogP contribution is 2.22. The Morgan fingerprint density at radius 3 is 2.69 bits per heavy atom. The van der Waals surface area contributed by atoms with Gasteiger partial charge in [0.1, 0.15) is 12.4 Å². The molecule has 0 amide bonds. The number of carboxylic acid groups (broad SMARTS) is 1. The molecule has 0 aliphatic carbocycles. The Bertz CT molecular complexity index is 319. The molecule has 0 heterocycles. The Morgan fingerprint density at radius 2 is 2.23 bits per heavy atom. The van der Waals surface area contributed by atoms with Crippen LogP contribution in [-0.2, 0) is 11.7 Å². The van der Waals surface area contributed by atoms with E-state index in [0.29, 0.717) is 5.75 Å². The van der Waals surface area contributed by atoms with Gasteiger partial charge in [0.2, 0.25) is 0 Å². The van der Waals surface area contributed by atoms with Crippen LogP contribution in [0.2, 0.25) is 0 Å². The molecule has 1 N–H and O–H groups in total. The van der Waals surface area contributed by atoms with Crippen molar-refractivity contribution in [3.63, 3.8) is 0 Å². The summed E-state index contributed by atoms with van der Waals surface area (Å²) in [6.45, 7) is -0.592. The summed E-state index contributed by atoms with van der Waals surface area (Å²) < 4.78 is 4.86. The van der Waals surface area contributed by atoms with E-state index in [2.05, 4.69) is 0 Å². The molecule has 1 aromatic carbocycles. The maximum atomic E-state index is 10.7. The van der Waals surface area contributed by atoms with Gasteiger partial charge in [0, 0.05) is 5.56 Å². The number of rotatable bonds is 3. The van der Waals surface area contributed by atoms with Gasteiger partial charge in [0.25, 0.3) is 0 Å². The monoisotopic (exact) mass is 181 g/mol. The highest BCUT2D eigenvalue weighted by molar-refractivity contribution is 5.90. The molecule has 0 aliphatic heterocycles. The fraction of sp³-hybridized carbons (Fsp3) is 0.222. The first kappa shape index (κ1) is 9.54. The van der Waals surface area contributed by atoms with Gasteiger partial charge in [-0.1, -0.05) is 6.07 Å². The van der Waals surface area contributed by atoms with Gasteiger partial charge in [-0.15, -0.1) is 0 Å². The van der Waals surface area contributed by atoms with Gasteiger partial charge in [-0.2, -0.15) is 0 Å². The Kier molecular flexibility index (Phi) is 2.87. The second-order valence-electron chi connectivity index (χ2n) is 2.44. The highest BCUT2D eigenvalue weighted by atomic mass is 16.5. The first-order valence-electron chi connectivity index (χ1n) is 3.68. The van der Waals surface area contributed by atoms with Crippen LogP contribution in [0.25, 0.3) is 0 Å². The number of carboxylic acids is 1. The quantitative estimate of drug-likeness (QED) is 0.764. The van der Waals surface area contributed by atoms with Crippen LogP contribution < -0.4 is 4.74 Å². The van der Waals surface area contributed by atoms with Crippen LogP contribution in [-0.4, -0.2) is 18.2 Å². The van der Waals surface area contributed by atoms with Crippen LogP contribution >= 0.6 is 0 Å². The number of methoxy groups -OCH3 is 1. The lowest BCUT2D eigenvalue weighted by Crippen LogP contribution is -2.03. The maximum absolute atomic E-state index is 10.7. The van der Waals surface area contributed by atoms with Crippen LogP contribution in [0.4, 0.5) is 0 Å². The van der Waals surface area contributed by atoms with Gasteiger partial charge in [0.05, 0.1) is 12.7 Å². The van der Waals surface area contributed by atoms with Crippen molar-refractivity contribution in [2.75, 3.05) is 7.11 Å². The molecule has 0 atom stereocenters. The maximum Gasteiger partial charge on any atom is 0.336 e. The molecule has 1 rings (SSSR count). The van der Waals surface area contributed by atoms with E-state index in [1.165, 1.54) is 13.2 Å². The summed E-state index contributed by atoms with van der Waals surface area (Å²) in [6, 6.07) is 4.50. The zero-order chi connectivity index (χ0) is 9.84. The number of hydrogen-bond donors (Lipinski definition) is 1. The van der Waals surface area contributed by atoms with Crippen molar-refractivity contribution in [1.29, 1.82) is 0 Å². The molecule has 0 saturated heterocycles. The van der Waals surface area contributed by atoms with Gasteiger partial charge >= 0.3 is 5.97 Å². The Hall–Kier alpha value is -1.55. The van der Waals surface area contributed by atoms with Crippen LogP contribution in [0, 0.1) is 0 Å². The lowest BCUT2D eigenvalue weighted by Gasteiger charge is -2.07. The molecule has 0 saturated carbocycles. The fourth-order valence-electron chi connectivity index (χ4n) is 1.11. The van der Waals surface area contributed by atoms with Crippen molar-refractivity contribution in [3.8, 4) is 5.75 Å². The summed E-state index contributed by atoms with van der Waals surface area (Å²) >= 11 is 0. The summed E-state index contributed by atoms with van der Waals surface area (Å²) in [5, 5.41) is 19.4. The summed E-state index contributed by atoms with van der Waals surface area (Å²) in [4.78, 5) is 10.7. The zero-order valence-electron chi connectivity index (χ0n) is 7.11. The molecule has 0 bridgehead atoms. The van der Waals surface area contributed by atoms with E-state index in [-0.39, 0.29) is 11.1 Å². The number of aromatic carboxylic acids is 1. The first-order chi connectivity index (χ1) is 6.20. The van der Waals surface area contributed by atoms with Crippen molar-refractivity contribution < 1.29 is 19.7 Å². The SMILES string of the molecule is COc1cccc(C(=O)O)c1C[O]. The van der Waals surface area contributed by atoms with E-state index in [0.717, 1.165) is 0 Å². The normalized spacial score (nSPS) is 9.69. The van der Waals surface area contributed by atoms with Crippen molar-refractivity contribution in [2.24, 2.45) is 0 Å². The molecular formula is C9H9O4. The van der Waals surface area contributed by atoms with Crippen molar-refractivity contribution in [2.45, 2.75) is 6.61 Å². The smallest absolute Gasteiger partial charge is 0.336 e. The van der Waals surface area contributed by atoms with Gasteiger partial charge in [-0.25, -0.2) is 9.90 Å². The molecule has 0 fully saturated rings. The van der Waals surface area contributed by atoms with E-state index in [1.807, 2.05) is 0 Å². The molecular weight excluding hydrogens is 172 g/mol. The number of benzene rings is 1. The summed E-state index contributed by atoms with van der Waals surface area (Å²) in [6.07, 6.45) is 0. The van der Waals surface area contributed by atoms with Crippen LogP contribution in [0.1, 0.15) is 15.9 Å². The van der Waals surface area contributed by atoms with Crippen LogP contribution in [0.5, 0.6) is 5.75 Å². The topological polar surface area (TPSA) is 66.4 Å². The predicted molar refractivity (Wildman–Crippen MR) is 44.3 cm³/mol. The fourth-order valence-corrected chi connectivity index (χ4v) is 1.11. The van der Waals surface area contributed by atoms with Crippen LogP contribution in [0.3, 0.4) is 0 Å². The largest absolute Gasteiger partial charge is 0.496 e. The molecule has 4 nitrogen and oxygen atoms in total. The molecule has 0 unspecified atom stereocenters. The second-order valence-corrected chi connectivity index (χ2v) is 2.44. The van der Waals surface area contributed by atoms with Crippen molar-refractivity contribution in [1.82, 2.24) is 0 Å². The predicted octanol–water partition coefficient (Wildman–Crippen LogP) is 1.32. The average Bonchev–Trinajstić information content (AvgIpc) is 2.16. The number of hydrogen-bond acceptors (Lipinski definition) is 2. The molecule has 0 aliphatic rings. The lowest BCUT2D eigenvalue weighted by molar-refractivity contribution is 0.0689. The third-order valence-electron chi connectivity index (χ3n) is 1.73. The van der Waals surface area contributed by atoms with Gasteiger partial charge in [0.15, 0.2) is 0 Å². The van der Waals surface area contributed by atoms with E-state index in [9.17, 15) is 9.90 Å². The van der Waals surface area contributed by atoms with Gasteiger partial charge in [-0.05, 0) is 12.1 Å².